The van der Waals surface area contributed by atoms with E-state index in [0.717, 1.165) is 12.1 Å². The quantitative estimate of drug-likeness (QED) is 0.286. The summed E-state index contributed by atoms with van der Waals surface area (Å²) in [7, 11) is 0. The van der Waals surface area contributed by atoms with Crippen molar-refractivity contribution < 1.29 is 33.4 Å². The van der Waals surface area contributed by atoms with Crippen LogP contribution in [0.5, 0.6) is 0 Å². The number of carboxylic acids is 1. The Morgan fingerprint density at radius 2 is 1.61 bits per heavy atom. The fraction of sp³-hybridized carbons (Fsp3) is 0.261. The number of carboxylic acid groups (broad SMARTS) is 1. The molecule has 2 aromatic carbocycles. The smallest absolute Gasteiger partial charge is 0.303 e. The van der Waals surface area contributed by atoms with Gasteiger partial charge in [0.1, 0.15) is 17.4 Å². The maximum atomic E-state index is 14.6. The average molecular weight is 429 g/mol. The number of rotatable bonds is 8. The fourth-order valence-electron chi connectivity index (χ4n) is 3.63. The molecule has 1 atom stereocenters. The second kappa shape index (κ2) is 9.51. The predicted octanol–water partition coefficient (Wildman–Crippen LogP) is 4.03. The Labute approximate surface area is 177 Å². The van der Waals surface area contributed by atoms with Gasteiger partial charge in [-0.15, -0.1) is 0 Å². The van der Waals surface area contributed by atoms with Gasteiger partial charge in [-0.3, -0.25) is 14.4 Å². The van der Waals surface area contributed by atoms with Crippen LogP contribution in [-0.4, -0.2) is 39.3 Å². The first-order valence-electron chi connectivity index (χ1n) is 9.82. The molecule has 2 aromatic rings. The Balaban J connectivity index is 1.99. The summed E-state index contributed by atoms with van der Waals surface area (Å²) in [6.45, 7) is 0.0867. The summed E-state index contributed by atoms with van der Waals surface area (Å²) in [4.78, 5) is 37.4. The van der Waals surface area contributed by atoms with Gasteiger partial charge in [-0.1, -0.05) is 24.6 Å². The second-order valence-electron chi connectivity index (χ2n) is 7.23. The van der Waals surface area contributed by atoms with Crippen LogP contribution in [0.4, 0.5) is 8.78 Å². The number of ketones is 1. The summed E-state index contributed by atoms with van der Waals surface area (Å²) in [5.41, 5.74) is -0.0923. The number of aliphatic hydroxyl groups excluding tert-OH is 1. The molecule has 1 heterocycles. The van der Waals surface area contributed by atoms with Gasteiger partial charge in [0.05, 0.1) is 11.6 Å². The molecular weight excluding hydrogens is 408 g/mol. The van der Waals surface area contributed by atoms with Crippen LogP contribution < -0.4 is 0 Å². The summed E-state index contributed by atoms with van der Waals surface area (Å²) in [5.74, 6) is -4.46. The Hall–Kier alpha value is -3.55. The van der Waals surface area contributed by atoms with Crippen molar-refractivity contribution in [1.29, 1.82) is 0 Å². The van der Waals surface area contributed by atoms with E-state index in [-0.39, 0.29) is 29.7 Å². The van der Waals surface area contributed by atoms with Crippen LogP contribution in [0.25, 0.3) is 5.76 Å². The lowest BCUT2D eigenvalue weighted by Gasteiger charge is -2.25. The first-order valence-corrected chi connectivity index (χ1v) is 9.82. The summed E-state index contributed by atoms with van der Waals surface area (Å²) < 4.78 is 27.9. The summed E-state index contributed by atoms with van der Waals surface area (Å²) in [6.07, 6.45) is 1.29. The number of hydrogen-bond acceptors (Lipinski definition) is 4. The van der Waals surface area contributed by atoms with Crippen molar-refractivity contribution in [1.82, 2.24) is 4.90 Å². The van der Waals surface area contributed by atoms with E-state index in [1.807, 2.05) is 0 Å². The van der Waals surface area contributed by atoms with Gasteiger partial charge in [0.2, 0.25) is 0 Å². The molecule has 0 saturated carbocycles. The SMILES string of the molecule is O=C(O)CCCCCN1C(=O)C(=O)C(=C(O)c2ccc(F)cc2)[C@@H]1c1ccccc1F. The maximum Gasteiger partial charge on any atom is 0.303 e. The molecule has 1 aliphatic heterocycles. The normalized spacial score (nSPS) is 17.9. The number of benzene rings is 2. The molecule has 0 radical (unpaired) electrons. The molecule has 2 N–H and O–H groups in total. The van der Waals surface area contributed by atoms with Crippen molar-refractivity contribution in [3.8, 4) is 0 Å². The van der Waals surface area contributed by atoms with Crippen LogP contribution in [0.3, 0.4) is 0 Å². The summed E-state index contributed by atoms with van der Waals surface area (Å²) in [5, 5.41) is 19.5. The Bertz CT molecular complexity index is 1030. The molecule has 1 amide bonds. The lowest BCUT2D eigenvalue weighted by molar-refractivity contribution is -0.140. The van der Waals surface area contributed by atoms with Crippen molar-refractivity contribution in [2.45, 2.75) is 31.7 Å². The molecule has 1 saturated heterocycles. The van der Waals surface area contributed by atoms with Crippen LogP contribution in [0, 0.1) is 11.6 Å². The molecule has 1 fully saturated rings. The maximum absolute atomic E-state index is 14.6. The first-order chi connectivity index (χ1) is 14.8. The molecule has 0 aromatic heterocycles. The zero-order valence-electron chi connectivity index (χ0n) is 16.6. The number of aliphatic carboxylic acids is 1. The van der Waals surface area contributed by atoms with E-state index in [1.165, 1.54) is 35.2 Å². The third-order valence-electron chi connectivity index (χ3n) is 5.15. The molecule has 162 valence electrons. The van der Waals surface area contributed by atoms with E-state index in [2.05, 4.69) is 0 Å². The monoisotopic (exact) mass is 429 g/mol. The molecule has 8 heteroatoms. The highest BCUT2D eigenvalue weighted by Crippen LogP contribution is 2.40. The van der Waals surface area contributed by atoms with Gasteiger partial charge < -0.3 is 15.1 Å². The van der Waals surface area contributed by atoms with Crippen LogP contribution in [0.2, 0.25) is 0 Å². The number of carbonyl (C=O) groups is 3. The minimum Gasteiger partial charge on any atom is -0.507 e. The summed E-state index contributed by atoms with van der Waals surface area (Å²) >= 11 is 0. The van der Waals surface area contributed by atoms with Crippen molar-refractivity contribution in [2.24, 2.45) is 0 Å². The van der Waals surface area contributed by atoms with E-state index >= 15 is 0 Å². The van der Waals surface area contributed by atoms with Crippen molar-refractivity contribution in [3.63, 3.8) is 0 Å². The van der Waals surface area contributed by atoms with Gasteiger partial charge in [0, 0.05) is 24.1 Å². The minimum atomic E-state index is -1.15. The number of halogens is 2. The molecule has 31 heavy (non-hydrogen) atoms. The average Bonchev–Trinajstić information content (AvgIpc) is 2.98. The molecule has 3 rings (SSSR count). The molecular formula is C23H21F2NO5. The predicted molar refractivity (Wildman–Crippen MR) is 108 cm³/mol. The molecule has 0 aliphatic carbocycles. The number of nitrogens with zero attached hydrogens (tertiary/aromatic N) is 1. The molecule has 0 bridgehead atoms. The number of unbranched alkanes of at least 4 members (excludes halogenated alkanes) is 2. The second-order valence-corrected chi connectivity index (χ2v) is 7.23. The molecule has 1 aliphatic rings. The highest BCUT2D eigenvalue weighted by Gasteiger charge is 2.46. The Kier molecular flexibility index (Phi) is 6.79. The highest BCUT2D eigenvalue weighted by molar-refractivity contribution is 6.46. The van der Waals surface area contributed by atoms with Gasteiger partial charge in [-0.25, -0.2) is 8.78 Å². The van der Waals surface area contributed by atoms with Crippen molar-refractivity contribution >= 4 is 23.4 Å². The van der Waals surface area contributed by atoms with Crippen LogP contribution >= 0.6 is 0 Å². The number of aliphatic hydroxyl groups is 1. The van der Waals surface area contributed by atoms with Crippen LogP contribution in [0.1, 0.15) is 42.9 Å². The Morgan fingerprint density at radius 3 is 2.26 bits per heavy atom. The number of carbonyl (C=O) groups excluding carboxylic acids is 2. The standard InChI is InChI=1S/C23H21F2NO5/c24-15-11-9-14(10-12-15)21(29)19-20(16-6-3-4-7-17(16)25)26(23(31)22(19)30)13-5-1-2-8-18(27)28/h3-4,6-7,9-12,20,29H,1-2,5,8,13H2,(H,27,28)/t20-/m0/s1. The van der Waals surface area contributed by atoms with E-state index < -0.39 is 41.1 Å². The van der Waals surface area contributed by atoms with E-state index in [9.17, 15) is 28.3 Å². The van der Waals surface area contributed by atoms with E-state index in [4.69, 9.17) is 5.11 Å². The number of likely N-dealkylation sites (tertiary alicyclic amines) is 1. The van der Waals surface area contributed by atoms with Crippen LogP contribution in [0.15, 0.2) is 54.1 Å². The zero-order valence-corrected chi connectivity index (χ0v) is 16.6. The molecule has 0 unspecified atom stereocenters. The topological polar surface area (TPSA) is 94.9 Å². The largest absolute Gasteiger partial charge is 0.507 e. The van der Waals surface area contributed by atoms with E-state index in [0.29, 0.717) is 19.3 Å². The number of hydrogen-bond donors (Lipinski definition) is 2. The van der Waals surface area contributed by atoms with Gasteiger partial charge in [0.15, 0.2) is 0 Å². The zero-order chi connectivity index (χ0) is 22.5. The number of Topliss-reactive ketones (excluding diaryl/α,β-unsaturated/α-hetero) is 1. The van der Waals surface area contributed by atoms with Crippen LogP contribution in [-0.2, 0) is 14.4 Å². The lowest BCUT2D eigenvalue weighted by atomic mass is 9.95. The van der Waals surface area contributed by atoms with E-state index in [1.54, 1.807) is 6.07 Å². The Morgan fingerprint density at radius 1 is 0.935 bits per heavy atom. The highest BCUT2D eigenvalue weighted by atomic mass is 19.1. The van der Waals surface area contributed by atoms with Gasteiger partial charge in [0.25, 0.3) is 11.7 Å². The van der Waals surface area contributed by atoms with Crippen molar-refractivity contribution in [3.05, 3.63) is 76.9 Å². The third kappa shape index (κ3) is 4.79. The summed E-state index contributed by atoms with van der Waals surface area (Å²) in [6, 6.07) is 9.25. The third-order valence-corrected chi connectivity index (χ3v) is 5.15. The minimum absolute atomic E-state index is 0.0138. The lowest BCUT2D eigenvalue weighted by Crippen LogP contribution is -2.31. The fourth-order valence-corrected chi connectivity index (χ4v) is 3.63. The van der Waals surface area contributed by atoms with Gasteiger partial charge in [-0.2, -0.15) is 0 Å². The van der Waals surface area contributed by atoms with Gasteiger partial charge >= 0.3 is 5.97 Å². The van der Waals surface area contributed by atoms with Crippen molar-refractivity contribution in [2.75, 3.05) is 6.54 Å². The molecule has 0 spiro atoms. The van der Waals surface area contributed by atoms with Gasteiger partial charge in [-0.05, 0) is 43.2 Å². The first kappa shape index (κ1) is 22.1. The number of amides is 1. The molecule has 6 nitrogen and oxygen atoms in total.